The second kappa shape index (κ2) is 11.4. The van der Waals surface area contributed by atoms with Crippen LogP contribution in [0, 0.1) is 5.82 Å². The fourth-order valence-electron chi connectivity index (χ4n) is 0.439. The Labute approximate surface area is 85.7 Å². The minimum Gasteiger partial charge on any atom is -0.205 e. The molecule has 0 aliphatic rings. The van der Waals surface area contributed by atoms with Crippen molar-refractivity contribution in [3.05, 3.63) is 35.1 Å². The Morgan fingerprint density at radius 2 is 1.54 bits per heavy atom. The zero-order chi connectivity index (χ0) is 10.7. The molecular weight excluding hydrogens is 187 g/mol. The standard InChI is InChI=1S/C6H4ClF.C3H8.C2H6/c7-5-3-1-2-4-6(5)8;1-3-2;1-2/h1-4H;3H2,1-2H3;1-2H3. The van der Waals surface area contributed by atoms with Gasteiger partial charge in [-0.1, -0.05) is 57.8 Å². The van der Waals surface area contributed by atoms with E-state index in [1.807, 2.05) is 13.8 Å². The summed E-state index contributed by atoms with van der Waals surface area (Å²) in [6.07, 6.45) is 1.25. The molecule has 0 aliphatic heterocycles. The Hall–Kier alpha value is -0.560. The molecule has 0 heterocycles. The molecule has 0 aliphatic carbocycles. The van der Waals surface area contributed by atoms with Gasteiger partial charge in [0.05, 0.1) is 5.02 Å². The van der Waals surface area contributed by atoms with E-state index in [1.54, 1.807) is 12.1 Å². The molecule has 0 fully saturated rings. The molecule has 0 amide bonds. The number of rotatable bonds is 0. The second-order valence-electron chi connectivity index (χ2n) is 2.12. The first-order valence-corrected chi connectivity index (χ1v) is 5.00. The third-order valence-electron chi connectivity index (χ3n) is 0.824. The lowest BCUT2D eigenvalue weighted by atomic mass is 10.4. The van der Waals surface area contributed by atoms with Crippen molar-refractivity contribution in [1.82, 2.24) is 0 Å². The first-order chi connectivity index (χ1) is 6.22. The van der Waals surface area contributed by atoms with Crippen molar-refractivity contribution >= 4 is 11.6 Å². The number of hydrogen-bond acceptors (Lipinski definition) is 0. The Morgan fingerprint density at radius 3 is 1.77 bits per heavy atom. The molecule has 0 N–H and O–H groups in total. The molecule has 0 nitrogen and oxygen atoms in total. The van der Waals surface area contributed by atoms with Crippen LogP contribution < -0.4 is 0 Å². The number of hydrogen-bond donors (Lipinski definition) is 0. The fraction of sp³-hybridized carbons (Fsp3) is 0.455. The minimum atomic E-state index is -0.367. The van der Waals surface area contributed by atoms with Gasteiger partial charge in [-0.25, -0.2) is 4.39 Å². The number of halogens is 2. The molecule has 2 heteroatoms. The maximum absolute atomic E-state index is 12.2. The van der Waals surface area contributed by atoms with Crippen molar-refractivity contribution < 1.29 is 4.39 Å². The van der Waals surface area contributed by atoms with Gasteiger partial charge in [0.2, 0.25) is 0 Å². The van der Waals surface area contributed by atoms with E-state index in [4.69, 9.17) is 11.6 Å². The maximum Gasteiger partial charge on any atom is 0.141 e. The predicted molar refractivity (Wildman–Crippen MR) is 58.7 cm³/mol. The Morgan fingerprint density at radius 1 is 1.15 bits per heavy atom. The van der Waals surface area contributed by atoms with E-state index < -0.39 is 0 Å². The Balaban J connectivity index is 0. The summed E-state index contributed by atoms with van der Waals surface area (Å²) in [5.74, 6) is -0.367. The molecule has 13 heavy (non-hydrogen) atoms. The van der Waals surface area contributed by atoms with Crippen LogP contribution in [0.1, 0.15) is 34.1 Å². The van der Waals surface area contributed by atoms with E-state index in [0.29, 0.717) is 0 Å². The largest absolute Gasteiger partial charge is 0.205 e. The van der Waals surface area contributed by atoms with E-state index in [0.717, 1.165) is 0 Å². The van der Waals surface area contributed by atoms with Crippen molar-refractivity contribution in [1.29, 1.82) is 0 Å². The summed E-state index contributed by atoms with van der Waals surface area (Å²) < 4.78 is 12.2. The molecule has 0 radical (unpaired) electrons. The van der Waals surface area contributed by atoms with Crippen molar-refractivity contribution in [2.45, 2.75) is 34.1 Å². The third kappa shape index (κ3) is 9.35. The summed E-state index contributed by atoms with van der Waals surface area (Å²) in [7, 11) is 0. The zero-order valence-corrected chi connectivity index (χ0v) is 9.53. The van der Waals surface area contributed by atoms with Crippen molar-refractivity contribution in [2.75, 3.05) is 0 Å². The van der Waals surface area contributed by atoms with Crippen LogP contribution in [0.15, 0.2) is 24.3 Å². The summed E-state index contributed by atoms with van der Waals surface area (Å²) >= 11 is 5.33. The molecule has 0 atom stereocenters. The number of benzene rings is 1. The van der Waals surface area contributed by atoms with Crippen LogP contribution in [0.2, 0.25) is 5.02 Å². The van der Waals surface area contributed by atoms with E-state index in [2.05, 4.69) is 13.8 Å². The van der Waals surface area contributed by atoms with E-state index in [-0.39, 0.29) is 10.8 Å². The van der Waals surface area contributed by atoms with Crippen LogP contribution in [0.25, 0.3) is 0 Å². The van der Waals surface area contributed by atoms with E-state index in [9.17, 15) is 4.39 Å². The average molecular weight is 205 g/mol. The molecule has 0 saturated carbocycles. The average Bonchev–Trinajstić information content (AvgIpc) is 2.15. The topological polar surface area (TPSA) is 0 Å². The maximum atomic E-state index is 12.2. The highest BCUT2D eigenvalue weighted by atomic mass is 35.5. The highest BCUT2D eigenvalue weighted by Gasteiger charge is 1.91. The fourth-order valence-corrected chi connectivity index (χ4v) is 0.575. The van der Waals surface area contributed by atoms with Crippen LogP contribution >= 0.6 is 11.6 Å². The lowest BCUT2D eigenvalue weighted by Crippen LogP contribution is -1.70. The molecule has 0 spiro atoms. The predicted octanol–water partition coefficient (Wildman–Crippen LogP) is 4.92. The monoisotopic (exact) mass is 204 g/mol. The van der Waals surface area contributed by atoms with Gasteiger partial charge in [0, 0.05) is 0 Å². The lowest BCUT2D eigenvalue weighted by Gasteiger charge is -1.86. The van der Waals surface area contributed by atoms with Gasteiger partial charge in [-0.2, -0.15) is 0 Å². The quantitative estimate of drug-likeness (QED) is 0.563. The van der Waals surface area contributed by atoms with Gasteiger partial charge >= 0.3 is 0 Å². The van der Waals surface area contributed by atoms with E-state index in [1.165, 1.54) is 18.6 Å². The molecule has 0 unspecified atom stereocenters. The summed E-state index contributed by atoms with van der Waals surface area (Å²) in [5.41, 5.74) is 0. The Bertz CT molecular complexity index is 178. The molecule has 0 saturated heterocycles. The van der Waals surface area contributed by atoms with Crippen LogP contribution in [0.4, 0.5) is 4.39 Å². The Kier molecular flexibility index (Phi) is 13.1. The van der Waals surface area contributed by atoms with Gasteiger partial charge in [0.1, 0.15) is 5.82 Å². The molecule has 0 bridgehead atoms. The molecular formula is C11H18ClF. The summed E-state index contributed by atoms with van der Waals surface area (Å²) in [4.78, 5) is 0. The molecule has 1 rings (SSSR count). The lowest BCUT2D eigenvalue weighted by molar-refractivity contribution is 0.628. The summed E-state index contributed by atoms with van der Waals surface area (Å²) in [6, 6.07) is 6.12. The molecule has 76 valence electrons. The molecule has 1 aromatic rings. The van der Waals surface area contributed by atoms with Gasteiger partial charge in [0.25, 0.3) is 0 Å². The van der Waals surface area contributed by atoms with Gasteiger partial charge in [-0.15, -0.1) is 0 Å². The van der Waals surface area contributed by atoms with Crippen molar-refractivity contribution in [2.24, 2.45) is 0 Å². The third-order valence-corrected chi connectivity index (χ3v) is 1.13. The smallest absolute Gasteiger partial charge is 0.141 e. The van der Waals surface area contributed by atoms with Gasteiger partial charge in [0.15, 0.2) is 0 Å². The zero-order valence-electron chi connectivity index (χ0n) is 8.77. The SMILES string of the molecule is CC.CCC.Fc1ccccc1Cl. The van der Waals surface area contributed by atoms with Crippen LogP contribution in [0.3, 0.4) is 0 Å². The van der Waals surface area contributed by atoms with Crippen LogP contribution in [-0.4, -0.2) is 0 Å². The minimum absolute atomic E-state index is 0.174. The van der Waals surface area contributed by atoms with Crippen molar-refractivity contribution in [3.63, 3.8) is 0 Å². The van der Waals surface area contributed by atoms with Gasteiger partial charge in [-0.05, 0) is 12.1 Å². The molecule has 1 aromatic carbocycles. The summed E-state index contributed by atoms with van der Waals surface area (Å²) in [5, 5.41) is 0.174. The van der Waals surface area contributed by atoms with Crippen LogP contribution in [-0.2, 0) is 0 Å². The first-order valence-electron chi connectivity index (χ1n) is 4.62. The van der Waals surface area contributed by atoms with Crippen LogP contribution in [0.5, 0.6) is 0 Å². The second-order valence-corrected chi connectivity index (χ2v) is 2.53. The van der Waals surface area contributed by atoms with Gasteiger partial charge in [-0.3, -0.25) is 0 Å². The van der Waals surface area contributed by atoms with E-state index >= 15 is 0 Å². The highest BCUT2D eigenvalue weighted by molar-refractivity contribution is 6.30. The first kappa shape index (κ1) is 14.9. The summed E-state index contributed by atoms with van der Waals surface area (Å²) in [6.45, 7) is 8.25. The van der Waals surface area contributed by atoms with Crippen molar-refractivity contribution in [3.8, 4) is 0 Å². The van der Waals surface area contributed by atoms with Gasteiger partial charge < -0.3 is 0 Å². The highest BCUT2D eigenvalue weighted by Crippen LogP contribution is 2.11. The normalized spacial score (nSPS) is 7.54. The molecule has 0 aromatic heterocycles.